The second kappa shape index (κ2) is 9.95. The first-order valence-corrected chi connectivity index (χ1v) is 14.9. The third-order valence-corrected chi connectivity index (χ3v) is 12.6. The van der Waals surface area contributed by atoms with Crippen molar-refractivity contribution in [3.63, 3.8) is 0 Å². The Morgan fingerprint density at radius 2 is 1.51 bits per heavy atom. The van der Waals surface area contributed by atoms with E-state index in [0.717, 1.165) is 4.90 Å². The topological polar surface area (TPSA) is 127 Å². The molecule has 10 nitrogen and oxygen atoms in total. The third kappa shape index (κ3) is 3.93. The number of ether oxygens (including phenoxy) is 1. The lowest BCUT2D eigenvalue weighted by molar-refractivity contribution is -0.384. The summed E-state index contributed by atoms with van der Waals surface area (Å²) >= 11 is 39.3. The van der Waals surface area contributed by atoms with E-state index in [1.807, 2.05) is 0 Å². The van der Waals surface area contributed by atoms with Crippen LogP contribution in [0.2, 0.25) is 0 Å². The Morgan fingerprint density at radius 1 is 0.953 bits per heavy atom. The number of hydrogen-bond donors (Lipinski definition) is 0. The fourth-order valence-electron chi connectivity index (χ4n) is 6.24. The molecule has 0 N–H and O–H groups in total. The monoisotopic (exact) mass is 705 g/mol. The first-order valence-electron chi connectivity index (χ1n) is 12.6. The number of alkyl halides is 4. The molecule has 2 bridgehead atoms. The normalized spacial score (nSPS) is 30.9. The third-order valence-electron chi connectivity index (χ3n) is 8.37. The summed E-state index contributed by atoms with van der Waals surface area (Å²) in [4.78, 5) is 61.6. The number of nitro benzene ring substituents is 1. The molecule has 0 radical (unpaired) electrons. The van der Waals surface area contributed by atoms with Gasteiger partial charge in [0.25, 0.3) is 5.69 Å². The molecule has 1 saturated carbocycles. The zero-order chi connectivity index (χ0) is 31.4. The number of aryl methyl sites for hydroxylation is 1. The fourth-order valence-corrected chi connectivity index (χ4v) is 9.17. The number of carbonyl (C=O) groups excluding carboxylic acids is 4. The fraction of sp³-hybridized carbons (Fsp3) is 0.333. The summed E-state index contributed by atoms with van der Waals surface area (Å²) in [6.45, 7) is 1.62. The molecule has 3 amide bonds. The van der Waals surface area contributed by atoms with E-state index in [0.29, 0.717) is 11.3 Å². The van der Waals surface area contributed by atoms with Crippen molar-refractivity contribution in [2.75, 3.05) is 16.3 Å². The van der Waals surface area contributed by atoms with Gasteiger partial charge in [-0.05, 0) is 42.8 Å². The van der Waals surface area contributed by atoms with Crippen molar-refractivity contribution < 1.29 is 28.8 Å². The molecule has 0 unspecified atom stereocenters. The van der Waals surface area contributed by atoms with E-state index in [4.69, 9.17) is 74.3 Å². The quantitative estimate of drug-likeness (QED) is 0.0958. The number of imide groups is 1. The van der Waals surface area contributed by atoms with E-state index in [-0.39, 0.29) is 46.1 Å². The second-order valence-electron chi connectivity index (χ2n) is 10.6. The minimum absolute atomic E-state index is 0.0221. The maximum absolute atomic E-state index is 13.7. The number of rotatable bonds is 5. The molecular weight excluding hydrogens is 691 g/mol. The van der Waals surface area contributed by atoms with Crippen LogP contribution in [-0.2, 0) is 19.2 Å². The summed E-state index contributed by atoms with van der Waals surface area (Å²) in [5, 5.41) is 10.5. The molecule has 2 heterocycles. The number of carbonyl (C=O) groups is 4. The van der Waals surface area contributed by atoms with Crippen LogP contribution in [0.5, 0.6) is 5.75 Å². The molecule has 2 saturated heterocycles. The van der Waals surface area contributed by atoms with Gasteiger partial charge in [-0.15, -0.1) is 23.2 Å². The Bertz CT molecular complexity index is 1650. The van der Waals surface area contributed by atoms with Gasteiger partial charge in [0.2, 0.25) is 17.7 Å². The average Bonchev–Trinajstić information content (AvgIpc) is 3.54. The Labute approximate surface area is 273 Å². The van der Waals surface area contributed by atoms with E-state index in [1.165, 1.54) is 47.4 Å². The summed E-state index contributed by atoms with van der Waals surface area (Å²) in [5.74, 6) is -5.72. The lowest BCUT2D eigenvalue weighted by Crippen LogP contribution is -2.50. The number of nitrogens with zero attached hydrogens (tertiary/aromatic N) is 3. The summed E-state index contributed by atoms with van der Waals surface area (Å²) in [5.41, 5.74) is 0.874. The number of fused-ring (bicyclic) bond motifs is 5. The highest BCUT2D eigenvalue weighted by atomic mass is 35.5. The SMILES string of the molecule is Cc1cc(OC(=O)[C@@H]2CC(=O)N(c3ccc([N+](=O)[O-])cc3)C2)ccc1N1C(=O)[C@@H]2[C@@H](C1=O)[C@@]1(Cl)C(Cl)=C(Cl)[C@@]2(Cl)C1(Cl)Cl. The Balaban J connectivity index is 1.19. The van der Waals surface area contributed by atoms with Crippen molar-refractivity contribution >= 4 is 110 Å². The number of amides is 3. The molecule has 5 atom stereocenters. The van der Waals surface area contributed by atoms with Crippen molar-refractivity contribution in [3.8, 4) is 5.75 Å². The van der Waals surface area contributed by atoms with Gasteiger partial charge in [-0.2, -0.15) is 0 Å². The van der Waals surface area contributed by atoms with Gasteiger partial charge in [-0.3, -0.25) is 29.3 Å². The average molecular weight is 708 g/mol. The van der Waals surface area contributed by atoms with Crippen molar-refractivity contribution in [2.24, 2.45) is 17.8 Å². The van der Waals surface area contributed by atoms with Crippen LogP contribution >= 0.6 is 69.6 Å². The van der Waals surface area contributed by atoms with Crippen molar-refractivity contribution in [2.45, 2.75) is 27.4 Å². The first-order chi connectivity index (χ1) is 20.1. The van der Waals surface area contributed by atoms with Crippen molar-refractivity contribution in [3.05, 3.63) is 68.2 Å². The first kappa shape index (κ1) is 30.4. The number of nitro groups is 1. The van der Waals surface area contributed by atoms with Crippen LogP contribution in [0.4, 0.5) is 17.1 Å². The smallest absolute Gasteiger partial charge is 0.316 e. The molecule has 0 spiro atoms. The van der Waals surface area contributed by atoms with Gasteiger partial charge in [0.1, 0.15) is 15.5 Å². The molecule has 2 aliphatic heterocycles. The van der Waals surface area contributed by atoms with Gasteiger partial charge in [0.05, 0.1) is 38.4 Å². The minimum Gasteiger partial charge on any atom is -0.426 e. The molecular formula is C27H17Cl6N3O7. The number of anilines is 2. The number of benzene rings is 2. The molecule has 0 aromatic heterocycles. The molecule has 224 valence electrons. The van der Waals surface area contributed by atoms with E-state index in [2.05, 4.69) is 0 Å². The standard InChI is InChI=1S/C27H17Cl6N3O7/c1-11-8-15(43-24(40)12-9-17(37)34(10-12)13-2-4-14(5-3-13)36(41)42)6-7-16(11)35-22(38)18-19(23(35)39)26(31)21(29)20(28)25(18,30)27(26,32)33/h2-8,12,18-19H,9-10H2,1H3/t12-,18+,19+,25-,26-/m1/s1. The maximum atomic E-state index is 13.7. The minimum atomic E-state index is -2.05. The Hall–Kier alpha value is -2.60. The van der Waals surface area contributed by atoms with Crippen molar-refractivity contribution in [1.82, 2.24) is 0 Å². The van der Waals surface area contributed by atoms with Crippen LogP contribution in [0.1, 0.15) is 12.0 Å². The molecule has 6 rings (SSSR count). The summed E-state index contributed by atoms with van der Waals surface area (Å²) in [6.07, 6.45) is -0.116. The molecule has 4 aliphatic rings. The van der Waals surface area contributed by atoms with Crippen LogP contribution in [0.15, 0.2) is 52.5 Å². The van der Waals surface area contributed by atoms with Crippen LogP contribution in [0.25, 0.3) is 0 Å². The highest BCUT2D eigenvalue weighted by Crippen LogP contribution is 2.77. The van der Waals surface area contributed by atoms with Gasteiger partial charge < -0.3 is 9.64 Å². The maximum Gasteiger partial charge on any atom is 0.316 e. The molecule has 2 aromatic carbocycles. The van der Waals surface area contributed by atoms with Crippen LogP contribution in [-0.4, -0.2) is 49.2 Å². The number of allylic oxidation sites excluding steroid dienone is 2. The van der Waals surface area contributed by atoms with Crippen LogP contribution in [0, 0.1) is 34.8 Å². The Morgan fingerprint density at radius 3 is 2.02 bits per heavy atom. The van der Waals surface area contributed by atoms with E-state index in [9.17, 15) is 29.3 Å². The lowest BCUT2D eigenvalue weighted by atomic mass is 9.84. The molecule has 43 heavy (non-hydrogen) atoms. The zero-order valence-corrected chi connectivity index (χ0v) is 26.2. The van der Waals surface area contributed by atoms with Gasteiger partial charge in [-0.25, -0.2) is 4.90 Å². The highest BCUT2D eigenvalue weighted by Gasteiger charge is 2.87. The molecule has 2 aromatic rings. The molecule has 2 aliphatic carbocycles. The van der Waals surface area contributed by atoms with Crippen LogP contribution < -0.4 is 14.5 Å². The predicted molar refractivity (Wildman–Crippen MR) is 160 cm³/mol. The van der Waals surface area contributed by atoms with Gasteiger partial charge in [0.15, 0.2) is 4.33 Å². The van der Waals surface area contributed by atoms with Gasteiger partial charge >= 0.3 is 5.97 Å². The Kier molecular flexibility index (Phi) is 7.04. The lowest BCUT2D eigenvalue weighted by Gasteiger charge is -2.34. The van der Waals surface area contributed by atoms with Gasteiger partial charge in [0, 0.05) is 30.8 Å². The molecule has 3 fully saturated rings. The number of esters is 1. The van der Waals surface area contributed by atoms with Crippen LogP contribution in [0.3, 0.4) is 0 Å². The molecule has 16 heteroatoms. The summed E-state index contributed by atoms with van der Waals surface area (Å²) < 4.78 is 3.48. The number of non-ortho nitro benzene ring substituents is 1. The van der Waals surface area contributed by atoms with E-state index in [1.54, 1.807) is 6.92 Å². The second-order valence-corrected chi connectivity index (χ2v) is 13.9. The largest absolute Gasteiger partial charge is 0.426 e. The van der Waals surface area contributed by atoms with Gasteiger partial charge in [-0.1, -0.05) is 46.4 Å². The van der Waals surface area contributed by atoms with E-state index >= 15 is 0 Å². The predicted octanol–water partition coefficient (Wildman–Crippen LogP) is 5.81. The highest BCUT2D eigenvalue weighted by molar-refractivity contribution is 6.67. The zero-order valence-electron chi connectivity index (χ0n) is 21.7. The van der Waals surface area contributed by atoms with E-state index < -0.39 is 54.5 Å². The number of hydrogen-bond acceptors (Lipinski definition) is 7. The summed E-state index contributed by atoms with van der Waals surface area (Å²) in [7, 11) is 0. The number of halogens is 6. The van der Waals surface area contributed by atoms with Crippen molar-refractivity contribution in [1.29, 1.82) is 0 Å². The summed E-state index contributed by atoms with van der Waals surface area (Å²) in [6, 6.07) is 9.69.